The van der Waals surface area contributed by atoms with E-state index in [1.165, 1.54) is 0 Å². The molecule has 0 aromatic carbocycles. The number of fused-ring (bicyclic) bond motifs is 3. The van der Waals surface area contributed by atoms with Crippen molar-refractivity contribution in [2.45, 2.75) is 62.9 Å². The van der Waals surface area contributed by atoms with Gasteiger partial charge in [-0.15, -0.1) is 0 Å². The Labute approximate surface area is 154 Å². The predicted molar refractivity (Wildman–Crippen MR) is 99.9 cm³/mol. The van der Waals surface area contributed by atoms with E-state index in [9.17, 15) is 14.1 Å². The molecule has 26 heavy (non-hydrogen) atoms. The fourth-order valence-electron chi connectivity index (χ4n) is 4.50. The number of rotatable bonds is 1. The van der Waals surface area contributed by atoms with E-state index in [1.807, 2.05) is 6.92 Å². The largest absolute Gasteiger partial charge is 0.609 e. The third-order valence-electron chi connectivity index (χ3n) is 5.70. The Morgan fingerprint density at radius 1 is 1.27 bits per heavy atom. The standard InChI is InChI=1S/C17H18N4O3S.CH4/c1-9-10-8-18-17-19-15(10)21(11-4-2-5-12(11)25(17)24)16(23)14(9)20-7-3-6-13(20)22;/h8,11-12H,2-7H2,1H3;1H4. The number of anilines is 1. The highest BCUT2D eigenvalue weighted by Gasteiger charge is 2.44. The quantitative estimate of drug-likeness (QED) is 0.563. The van der Waals surface area contributed by atoms with Gasteiger partial charge in [-0.1, -0.05) is 7.43 Å². The van der Waals surface area contributed by atoms with Gasteiger partial charge in [0.1, 0.15) is 10.9 Å². The summed E-state index contributed by atoms with van der Waals surface area (Å²) in [5.74, 6) is -0.00920. The lowest BCUT2D eigenvalue weighted by Crippen LogP contribution is -2.37. The number of carbonyl (C=O) groups excluding carboxylic acids is 1. The minimum Gasteiger partial charge on any atom is -0.609 e. The highest BCUT2D eigenvalue weighted by atomic mass is 32.2. The highest BCUT2D eigenvalue weighted by Crippen LogP contribution is 2.41. The zero-order valence-corrected chi connectivity index (χ0v) is 14.7. The summed E-state index contributed by atoms with van der Waals surface area (Å²) in [6.07, 6.45) is 5.45. The van der Waals surface area contributed by atoms with Gasteiger partial charge in [-0.3, -0.25) is 14.2 Å². The van der Waals surface area contributed by atoms with Crippen LogP contribution < -0.4 is 10.5 Å². The summed E-state index contributed by atoms with van der Waals surface area (Å²) in [5, 5.41) is 0.952. The first-order chi connectivity index (χ1) is 12.1. The van der Waals surface area contributed by atoms with Gasteiger partial charge in [-0.2, -0.15) is 9.97 Å². The monoisotopic (exact) mass is 374 g/mol. The number of carbonyl (C=O) groups is 1. The molecule has 8 heteroatoms. The van der Waals surface area contributed by atoms with E-state index in [2.05, 4.69) is 9.97 Å². The van der Waals surface area contributed by atoms with Gasteiger partial charge in [0.2, 0.25) is 5.91 Å². The minimum atomic E-state index is -1.30. The molecule has 2 aromatic rings. The Kier molecular flexibility index (Phi) is 4.07. The van der Waals surface area contributed by atoms with Crippen molar-refractivity contribution in [2.24, 2.45) is 0 Å². The number of nitrogens with zero attached hydrogens (tertiary/aromatic N) is 4. The van der Waals surface area contributed by atoms with E-state index >= 15 is 0 Å². The van der Waals surface area contributed by atoms with Crippen molar-refractivity contribution in [3.8, 4) is 0 Å². The van der Waals surface area contributed by atoms with Crippen molar-refractivity contribution < 1.29 is 9.35 Å². The number of aryl methyl sites for hydroxylation is 1. The minimum absolute atomic E-state index is 0. The number of pyridine rings is 1. The van der Waals surface area contributed by atoms with Crippen LogP contribution in [-0.2, 0) is 16.0 Å². The first kappa shape index (κ1) is 17.5. The Bertz CT molecular complexity index is 973. The van der Waals surface area contributed by atoms with Gasteiger partial charge in [0.05, 0.1) is 6.04 Å². The number of hydrogen-bond acceptors (Lipinski definition) is 5. The van der Waals surface area contributed by atoms with Crippen LogP contribution in [0.1, 0.15) is 51.1 Å². The van der Waals surface area contributed by atoms with E-state index in [-0.39, 0.29) is 30.2 Å². The zero-order valence-electron chi connectivity index (χ0n) is 13.9. The Morgan fingerprint density at radius 3 is 2.81 bits per heavy atom. The van der Waals surface area contributed by atoms with Crippen LogP contribution in [0.25, 0.3) is 11.0 Å². The molecule has 1 amide bonds. The third-order valence-corrected chi connectivity index (χ3v) is 7.36. The molecule has 1 saturated heterocycles. The van der Waals surface area contributed by atoms with E-state index < -0.39 is 11.2 Å². The molecule has 1 aliphatic carbocycles. The average molecular weight is 374 g/mol. The smallest absolute Gasteiger partial charge is 0.345 e. The molecular formula is C18H22N4O3S. The lowest BCUT2D eigenvalue weighted by Gasteiger charge is -2.24. The van der Waals surface area contributed by atoms with Gasteiger partial charge in [0.15, 0.2) is 5.65 Å². The van der Waals surface area contributed by atoms with E-state index in [0.29, 0.717) is 29.5 Å². The lowest BCUT2D eigenvalue weighted by molar-refractivity contribution is -0.117. The number of aromatic nitrogens is 3. The van der Waals surface area contributed by atoms with Crippen molar-refractivity contribution in [3.05, 3.63) is 22.1 Å². The average Bonchev–Trinajstić information content (AvgIpc) is 3.22. The summed E-state index contributed by atoms with van der Waals surface area (Å²) in [6.45, 7) is 2.42. The molecule has 0 spiro atoms. The van der Waals surface area contributed by atoms with Gasteiger partial charge in [0.25, 0.3) is 5.56 Å². The number of amides is 1. The van der Waals surface area contributed by atoms with Gasteiger partial charge in [-0.25, -0.2) is 0 Å². The van der Waals surface area contributed by atoms with Crippen LogP contribution >= 0.6 is 0 Å². The van der Waals surface area contributed by atoms with Crippen molar-refractivity contribution in [1.82, 2.24) is 14.5 Å². The van der Waals surface area contributed by atoms with Gasteiger partial charge in [0, 0.05) is 35.7 Å². The molecule has 2 aromatic heterocycles. The van der Waals surface area contributed by atoms with Crippen LogP contribution in [0.2, 0.25) is 0 Å². The van der Waals surface area contributed by atoms with Crippen molar-refractivity contribution in [1.29, 1.82) is 0 Å². The topological polar surface area (TPSA) is 91.2 Å². The molecule has 1 saturated carbocycles. The van der Waals surface area contributed by atoms with Crippen LogP contribution in [0, 0.1) is 6.92 Å². The maximum Gasteiger partial charge on any atom is 0.345 e. The summed E-state index contributed by atoms with van der Waals surface area (Å²) in [7, 11) is 0. The Morgan fingerprint density at radius 2 is 2.08 bits per heavy atom. The van der Waals surface area contributed by atoms with Gasteiger partial charge >= 0.3 is 5.16 Å². The maximum absolute atomic E-state index is 13.4. The molecule has 2 fully saturated rings. The van der Waals surface area contributed by atoms with Gasteiger partial charge in [-0.05, 0) is 38.2 Å². The summed E-state index contributed by atoms with van der Waals surface area (Å²) < 4.78 is 14.5. The van der Waals surface area contributed by atoms with Crippen LogP contribution in [0.4, 0.5) is 5.69 Å². The fourth-order valence-corrected chi connectivity index (χ4v) is 6.03. The summed E-state index contributed by atoms with van der Waals surface area (Å²) in [6, 6.07) is -0.137. The normalized spacial score (nSPS) is 26.9. The molecule has 138 valence electrons. The highest BCUT2D eigenvalue weighted by molar-refractivity contribution is 7.91. The molecule has 5 rings (SSSR count). The molecule has 4 heterocycles. The summed E-state index contributed by atoms with van der Waals surface area (Å²) in [4.78, 5) is 36.1. The Balaban J connectivity index is 0.00000168. The number of hydrogen-bond donors (Lipinski definition) is 0. The van der Waals surface area contributed by atoms with E-state index in [1.54, 1.807) is 15.7 Å². The first-order valence-electron chi connectivity index (χ1n) is 8.70. The molecule has 3 unspecified atom stereocenters. The SMILES string of the molecule is C.Cc1c(N2CCCC2=O)c(=O)n2c3nc(ncc13)[S+]([O-])C1CCCC12. The van der Waals surface area contributed by atoms with Crippen LogP contribution in [0.5, 0.6) is 0 Å². The Hall–Kier alpha value is -1.93. The van der Waals surface area contributed by atoms with Crippen molar-refractivity contribution in [3.63, 3.8) is 0 Å². The molecule has 7 nitrogen and oxygen atoms in total. The lowest BCUT2D eigenvalue weighted by atomic mass is 10.1. The van der Waals surface area contributed by atoms with E-state index in [0.717, 1.165) is 36.6 Å². The molecular weight excluding hydrogens is 352 g/mol. The first-order valence-corrected chi connectivity index (χ1v) is 9.92. The molecule has 2 bridgehead atoms. The summed E-state index contributed by atoms with van der Waals surface area (Å²) >= 11 is -1.30. The van der Waals surface area contributed by atoms with Crippen molar-refractivity contribution in [2.75, 3.05) is 11.4 Å². The predicted octanol–water partition coefficient (Wildman–Crippen LogP) is 2.08. The molecule has 0 radical (unpaired) electrons. The molecule has 3 aliphatic rings. The summed E-state index contributed by atoms with van der Waals surface area (Å²) in [5.41, 5.74) is 1.57. The molecule has 3 atom stereocenters. The maximum atomic E-state index is 13.4. The van der Waals surface area contributed by atoms with E-state index in [4.69, 9.17) is 0 Å². The van der Waals surface area contributed by atoms with Crippen molar-refractivity contribution >= 4 is 33.8 Å². The van der Waals surface area contributed by atoms with Gasteiger partial charge < -0.3 is 9.45 Å². The fraction of sp³-hybridized carbons (Fsp3) is 0.556. The van der Waals surface area contributed by atoms with Crippen LogP contribution in [0.15, 0.2) is 16.1 Å². The third kappa shape index (κ3) is 2.18. The molecule has 2 aliphatic heterocycles. The second-order valence-electron chi connectivity index (χ2n) is 7.02. The second-order valence-corrected chi connectivity index (χ2v) is 8.59. The second kappa shape index (κ2) is 6.06. The van der Waals surface area contributed by atoms with Crippen LogP contribution in [0.3, 0.4) is 0 Å². The zero-order chi connectivity index (χ0) is 17.3. The van der Waals surface area contributed by atoms with Crippen LogP contribution in [-0.4, -0.2) is 36.8 Å². The molecule has 0 N–H and O–H groups in total.